The molecule has 1 aliphatic heterocycles. The molecule has 0 aliphatic carbocycles. The van der Waals surface area contributed by atoms with Crippen LogP contribution in [0.4, 0.5) is 5.69 Å². The van der Waals surface area contributed by atoms with E-state index in [0.29, 0.717) is 0 Å². The summed E-state index contributed by atoms with van der Waals surface area (Å²) in [5, 5.41) is 9.99. The fraction of sp³-hybridized carbons (Fsp3) is 0.467. The number of nitrogens with zero attached hydrogens (tertiary/aromatic N) is 1. The van der Waals surface area contributed by atoms with Gasteiger partial charge in [-0.05, 0) is 32.4 Å². The monoisotopic (exact) mass is 247 g/mol. The van der Waals surface area contributed by atoms with E-state index in [1.54, 1.807) is 14.0 Å². The third-order valence-electron chi connectivity index (χ3n) is 3.35. The van der Waals surface area contributed by atoms with Gasteiger partial charge in [0.1, 0.15) is 5.75 Å². The van der Waals surface area contributed by atoms with Gasteiger partial charge in [0.05, 0.1) is 13.2 Å². The molecule has 1 aromatic carbocycles. The first kappa shape index (κ1) is 13.0. The van der Waals surface area contributed by atoms with Crippen LogP contribution in [-0.2, 0) is 0 Å². The summed E-state index contributed by atoms with van der Waals surface area (Å²) >= 11 is 0. The summed E-state index contributed by atoms with van der Waals surface area (Å²) in [7, 11) is 1.65. The molecule has 0 saturated carbocycles. The first-order chi connectivity index (χ1) is 8.63. The van der Waals surface area contributed by atoms with Gasteiger partial charge in [0.2, 0.25) is 0 Å². The lowest BCUT2D eigenvalue weighted by molar-refractivity contribution is 0.194. The smallest absolute Gasteiger partial charge is 0.126 e. The molecule has 2 rings (SSSR count). The van der Waals surface area contributed by atoms with Crippen LogP contribution in [0.15, 0.2) is 29.8 Å². The molecule has 1 aromatic rings. The largest absolute Gasteiger partial charge is 0.496 e. The van der Waals surface area contributed by atoms with E-state index >= 15 is 0 Å². The lowest BCUT2D eigenvalue weighted by Crippen LogP contribution is -2.30. The van der Waals surface area contributed by atoms with Crippen LogP contribution < -0.4 is 9.64 Å². The average molecular weight is 247 g/mol. The van der Waals surface area contributed by atoms with Crippen molar-refractivity contribution in [2.45, 2.75) is 26.4 Å². The van der Waals surface area contributed by atoms with Crippen molar-refractivity contribution in [2.24, 2.45) is 0 Å². The van der Waals surface area contributed by atoms with E-state index in [2.05, 4.69) is 24.0 Å². The summed E-state index contributed by atoms with van der Waals surface area (Å²) in [6.07, 6.45) is 2.81. The minimum absolute atomic E-state index is 0.526. The van der Waals surface area contributed by atoms with E-state index < -0.39 is 6.10 Å². The van der Waals surface area contributed by atoms with E-state index in [4.69, 9.17) is 4.74 Å². The van der Waals surface area contributed by atoms with E-state index in [1.807, 2.05) is 12.1 Å². The SMILES string of the molecule is COc1cccc(N2CCC=C(C)C2)c1C(C)O. The zero-order valence-electron chi connectivity index (χ0n) is 11.3. The van der Waals surface area contributed by atoms with Crippen LogP contribution in [0, 0.1) is 0 Å². The summed E-state index contributed by atoms with van der Waals surface area (Å²) in [4.78, 5) is 2.31. The van der Waals surface area contributed by atoms with Gasteiger partial charge in [0, 0.05) is 24.3 Å². The minimum Gasteiger partial charge on any atom is -0.496 e. The Morgan fingerprint density at radius 2 is 2.17 bits per heavy atom. The molecule has 18 heavy (non-hydrogen) atoms. The first-order valence-electron chi connectivity index (χ1n) is 6.39. The maximum Gasteiger partial charge on any atom is 0.126 e. The number of rotatable bonds is 3. The minimum atomic E-state index is -0.526. The Labute approximate surface area is 109 Å². The van der Waals surface area contributed by atoms with Crippen LogP contribution in [0.25, 0.3) is 0 Å². The summed E-state index contributed by atoms with van der Waals surface area (Å²) in [5.74, 6) is 0.759. The molecule has 0 aromatic heterocycles. The third-order valence-corrected chi connectivity index (χ3v) is 3.35. The Kier molecular flexibility index (Phi) is 3.92. The lowest BCUT2D eigenvalue weighted by atomic mass is 10.0. The Morgan fingerprint density at radius 3 is 2.78 bits per heavy atom. The molecule has 1 unspecified atom stereocenters. The molecule has 0 fully saturated rings. The van der Waals surface area contributed by atoms with Gasteiger partial charge in [0.25, 0.3) is 0 Å². The van der Waals surface area contributed by atoms with Gasteiger partial charge in [-0.3, -0.25) is 0 Å². The van der Waals surface area contributed by atoms with Crippen LogP contribution in [0.3, 0.4) is 0 Å². The zero-order valence-corrected chi connectivity index (χ0v) is 11.3. The van der Waals surface area contributed by atoms with Crippen molar-refractivity contribution < 1.29 is 9.84 Å². The Bertz CT molecular complexity index is 452. The van der Waals surface area contributed by atoms with Gasteiger partial charge in [-0.2, -0.15) is 0 Å². The molecule has 3 heteroatoms. The normalized spacial score (nSPS) is 17.3. The highest BCUT2D eigenvalue weighted by Crippen LogP contribution is 2.35. The van der Waals surface area contributed by atoms with Crippen LogP contribution in [0.1, 0.15) is 31.9 Å². The van der Waals surface area contributed by atoms with E-state index in [-0.39, 0.29) is 0 Å². The summed E-state index contributed by atoms with van der Waals surface area (Å²) in [6.45, 7) is 5.85. The molecule has 0 bridgehead atoms. The molecule has 0 amide bonds. The predicted molar refractivity (Wildman–Crippen MR) is 74.2 cm³/mol. The van der Waals surface area contributed by atoms with E-state index in [1.165, 1.54) is 5.57 Å². The van der Waals surface area contributed by atoms with Crippen LogP contribution in [0.5, 0.6) is 5.75 Å². The van der Waals surface area contributed by atoms with Gasteiger partial charge in [-0.15, -0.1) is 0 Å². The Hall–Kier alpha value is -1.48. The van der Waals surface area contributed by atoms with E-state index in [0.717, 1.165) is 36.5 Å². The van der Waals surface area contributed by atoms with Crippen LogP contribution in [-0.4, -0.2) is 25.3 Å². The second-order valence-corrected chi connectivity index (χ2v) is 4.83. The molecule has 1 aliphatic rings. The molecular formula is C15H21NO2. The number of anilines is 1. The second kappa shape index (κ2) is 5.44. The highest BCUT2D eigenvalue weighted by molar-refractivity contribution is 5.61. The van der Waals surface area contributed by atoms with Gasteiger partial charge in [-0.25, -0.2) is 0 Å². The molecule has 3 nitrogen and oxygen atoms in total. The number of ether oxygens (including phenoxy) is 1. The van der Waals surface area contributed by atoms with E-state index in [9.17, 15) is 5.11 Å². The molecule has 1 heterocycles. The first-order valence-corrected chi connectivity index (χ1v) is 6.39. The number of methoxy groups -OCH3 is 1. The van der Waals surface area contributed by atoms with Crippen molar-refractivity contribution >= 4 is 5.69 Å². The molecule has 0 radical (unpaired) electrons. The maximum atomic E-state index is 9.99. The van der Waals surface area contributed by atoms with Gasteiger partial charge in [0.15, 0.2) is 0 Å². The maximum absolute atomic E-state index is 9.99. The third kappa shape index (κ3) is 2.51. The van der Waals surface area contributed by atoms with Crippen molar-refractivity contribution in [1.82, 2.24) is 0 Å². The molecule has 98 valence electrons. The van der Waals surface area contributed by atoms with Crippen molar-refractivity contribution in [3.63, 3.8) is 0 Å². The molecule has 1 atom stereocenters. The quantitative estimate of drug-likeness (QED) is 0.834. The standard InChI is InChI=1S/C15H21NO2/c1-11-6-5-9-16(10-11)13-7-4-8-14(18-3)15(13)12(2)17/h4,6-8,12,17H,5,9-10H2,1-3H3. The van der Waals surface area contributed by atoms with Crippen molar-refractivity contribution in [3.8, 4) is 5.75 Å². The predicted octanol–water partition coefficient (Wildman–Crippen LogP) is 2.90. The second-order valence-electron chi connectivity index (χ2n) is 4.83. The molecule has 1 N–H and O–H groups in total. The lowest BCUT2D eigenvalue weighted by Gasteiger charge is -2.31. The fourth-order valence-electron chi connectivity index (χ4n) is 2.52. The fourth-order valence-corrected chi connectivity index (χ4v) is 2.52. The molecular weight excluding hydrogens is 226 g/mol. The summed E-state index contributed by atoms with van der Waals surface area (Å²) in [6, 6.07) is 5.94. The molecule has 0 spiro atoms. The number of hydrogen-bond acceptors (Lipinski definition) is 3. The number of aliphatic hydroxyl groups excluding tert-OH is 1. The molecule has 0 saturated heterocycles. The Morgan fingerprint density at radius 1 is 1.39 bits per heavy atom. The van der Waals surface area contributed by atoms with Gasteiger partial charge >= 0.3 is 0 Å². The highest BCUT2D eigenvalue weighted by Gasteiger charge is 2.19. The van der Waals surface area contributed by atoms with Crippen molar-refractivity contribution in [1.29, 1.82) is 0 Å². The summed E-state index contributed by atoms with van der Waals surface area (Å²) < 4.78 is 5.36. The van der Waals surface area contributed by atoms with Crippen LogP contribution in [0.2, 0.25) is 0 Å². The van der Waals surface area contributed by atoms with Crippen molar-refractivity contribution in [2.75, 3.05) is 25.1 Å². The zero-order chi connectivity index (χ0) is 13.1. The average Bonchev–Trinajstić information content (AvgIpc) is 2.37. The van der Waals surface area contributed by atoms with Crippen molar-refractivity contribution in [3.05, 3.63) is 35.4 Å². The summed E-state index contributed by atoms with van der Waals surface area (Å²) in [5.41, 5.74) is 3.34. The highest BCUT2D eigenvalue weighted by atomic mass is 16.5. The topological polar surface area (TPSA) is 32.7 Å². The number of hydrogen-bond donors (Lipinski definition) is 1. The van der Waals surface area contributed by atoms with Gasteiger partial charge < -0.3 is 14.7 Å². The Balaban J connectivity index is 2.41. The number of benzene rings is 1. The van der Waals surface area contributed by atoms with Gasteiger partial charge in [-0.1, -0.05) is 17.7 Å². The van der Waals surface area contributed by atoms with Crippen LogP contribution >= 0.6 is 0 Å². The number of aliphatic hydroxyl groups is 1.